The summed E-state index contributed by atoms with van der Waals surface area (Å²) < 4.78 is 13.4. The van der Waals surface area contributed by atoms with E-state index in [2.05, 4.69) is 10.6 Å². The van der Waals surface area contributed by atoms with Crippen LogP contribution in [-0.4, -0.2) is 41.7 Å². The number of hydrogen-bond acceptors (Lipinski definition) is 5. The summed E-state index contributed by atoms with van der Waals surface area (Å²) in [7, 11) is 0. The minimum absolute atomic E-state index is 0.216. The van der Waals surface area contributed by atoms with Crippen LogP contribution in [0.15, 0.2) is 18.2 Å². The third-order valence-electron chi connectivity index (χ3n) is 2.43. The van der Waals surface area contributed by atoms with Crippen LogP contribution in [0.1, 0.15) is 17.3 Å². The van der Waals surface area contributed by atoms with E-state index in [0.29, 0.717) is 13.1 Å². The zero-order valence-corrected chi connectivity index (χ0v) is 10.9. The highest BCUT2D eigenvalue weighted by atomic mass is 19.1. The number of benzene rings is 1. The molecule has 0 spiro atoms. The van der Waals surface area contributed by atoms with Gasteiger partial charge in [-0.1, -0.05) is 0 Å². The predicted molar refractivity (Wildman–Crippen MR) is 69.9 cm³/mol. The van der Waals surface area contributed by atoms with Gasteiger partial charge in [0.2, 0.25) is 0 Å². The second-order valence-electron chi connectivity index (χ2n) is 4.23. The molecule has 8 heteroatoms. The topological polar surface area (TPSA) is 104 Å². The third kappa shape index (κ3) is 4.90. The van der Waals surface area contributed by atoms with Crippen molar-refractivity contribution in [2.24, 2.45) is 0 Å². The van der Waals surface area contributed by atoms with Gasteiger partial charge < -0.3 is 15.7 Å². The summed E-state index contributed by atoms with van der Waals surface area (Å²) in [6.07, 6.45) is -0.500. The summed E-state index contributed by atoms with van der Waals surface area (Å²) in [6.45, 7) is 2.60. The van der Waals surface area contributed by atoms with Crippen molar-refractivity contribution in [3.8, 4) is 0 Å². The van der Waals surface area contributed by atoms with Crippen LogP contribution in [0.3, 0.4) is 0 Å². The lowest BCUT2D eigenvalue weighted by Crippen LogP contribution is -2.34. The van der Waals surface area contributed by atoms with E-state index < -0.39 is 22.8 Å². The van der Waals surface area contributed by atoms with Crippen molar-refractivity contribution in [1.82, 2.24) is 10.6 Å². The molecule has 3 N–H and O–H groups in total. The number of aliphatic hydroxyl groups is 1. The van der Waals surface area contributed by atoms with E-state index in [9.17, 15) is 19.3 Å². The van der Waals surface area contributed by atoms with Crippen LogP contribution >= 0.6 is 0 Å². The fourth-order valence-corrected chi connectivity index (χ4v) is 1.47. The first-order valence-electron chi connectivity index (χ1n) is 6.02. The van der Waals surface area contributed by atoms with Gasteiger partial charge in [0.25, 0.3) is 11.6 Å². The SMILES string of the molecule is CC(O)CNCCNC(=O)c1cc([N+](=O)[O-])ccc1F. The molecule has 0 aliphatic rings. The molecule has 0 saturated heterocycles. The number of amides is 1. The second-order valence-corrected chi connectivity index (χ2v) is 4.23. The van der Waals surface area contributed by atoms with Crippen molar-refractivity contribution in [3.63, 3.8) is 0 Å². The monoisotopic (exact) mass is 285 g/mol. The molecule has 1 unspecified atom stereocenters. The van der Waals surface area contributed by atoms with E-state index >= 15 is 0 Å². The fraction of sp³-hybridized carbons (Fsp3) is 0.417. The van der Waals surface area contributed by atoms with Crippen LogP contribution in [0.25, 0.3) is 0 Å². The lowest BCUT2D eigenvalue weighted by Gasteiger charge is -2.08. The number of hydrogen-bond donors (Lipinski definition) is 3. The van der Waals surface area contributed by atoms with E-state index in [0.717, 1.165) is 18.2 Å². The quantitative estimate of drug-likeness (QED) is 0.383. The normalized spacial score (nSPS) is 11.9. The number of nitro benzene ring substituents is 1. The van der Waals surface area contributed by atoms with Gasteiger partial charge in [-0.05, 0) is 13.0 Å². The van der Waals surface area contributed by atoms with Gasteiger partial charge in [-0.15, -0.1) is 0 Å². The number of rotatable bonds is 7. The van der Waals surface area contributed by atoms with Gasteiger partial charge in [0.05, 0.1) is 16.6 Å². The molecule has 0 saturated carbocycles. The van der Waals surface area contributed by atoms with Gasteiger partial charge in [0, 0.05) is 31.8 Å². The van der Waals surface area contributed by atoms with E-state index in [-0.39, 0.29) is 17.8 Å². The van der Waals surface area contributed by atoms with Gasteiger partial charge in [-0.2, -0.15) is 0 Å². The average Bonchev–Trinajstić information content (AvgIpc) is 2.37. The molecular weight excluding hydrogens is 269 g/mol. The van der Waals surface area contributed by atoms with Crippen molar-refractivity contribution in [2.75, 3.05) is 19.6 Å². The molecule has 0 fully saturated rings. The summed E-state index contributed by atoms with van der Waals surface area (Å²) in [5.74, 6) is -1.53. The number of carbonyl (C=O) groups is 1. The Morgan fingerprint density at radius 1 is 1.50 bits per heavy atom. The summed E-state index contributed by atoms with van der Waals surface area (Å²) >= 11 is 0. The first-order chi connectivity index (χ1) is 9.41. The molecule has 0 radical (unpaired) electrons. The molecule has 1 atom stereocenters. The third-order valence-corrected chi connectivity index (χ3v) is 2.43. The van der Waals surface area contributed by atoms with Crippen LogP contribution in [0.4, 0.5) is 10.1 Å². The Kier molecular flexibility index (Phi) is 6.01. The Balaban J connectivity index is 2.55. The Morgan fingerprint density at radius 2 is 2.20 bits per heavy atom. The largest absolute Gasteiger partial charge is 0.392 e. The molecule has 20 heavy (non-hydrogen) atoms. The molecule has 0 aliphatic heterocycles. The van der Waals surface area contributed by atoms with E-state index in [1.165, 1.54) is 0 Å². The maximum absolute atomic E-state index is 13.4. The number of nitro groups is 1. The van der Waals surface area contributed by atoms with Gasteiger partial charge in [-0.25, -0.2) is 4.39 Å². The minimum Gasteiger partial charge on any atom is -0.392 e. The molecule has 1 aromatic carbocycles. The lowest BCUT2D eigenvalue weighted by atomic mass is 10.1. The summed E-state index contributed by atoms with van der Waals surface area (Å²) in [6, 6.07) is 2.78. The van der Waals surface area contributed by atoms with Gasteiger partial charge in [-0.3, -0.25) is 14.9 Å². The zero-order valence-electron chi connectivity index (χ0n) is 10.9. The first kappa shape index (κ1) is 16.0. The van der Waals surface area contributed by atoms with E-state index in [1.807, 2.05) is 0 Å². The number of carbonyl (C=O) groups excluding carboxylic acids is 1. The van der Waals surface area contributed by atoms with Gasteiger partial charge in [0.1, 0.15) is 5.82 Å². The fourth-order valence-electron chi connectivity index (χ4n) is 1.47. The molecule has 1 aromatic rings. The van der Waals surface area contributed by atoms with Crippen molar-refractivity contribution in [2.45, 2.75) is 13.0 Å². The molecule has 7 nitrogen and oxygen atoms in total. The van der Waals surface area contributed by atoms with E-state index in [1.54, 1.807) is 6.92 Å². The Bertz CT molecular complexity index is 494. The summed E-state index contributed by atoms with van der Waals surface area (Å²) in [5, 5.41) is 24.9. The highest BCUT2D eigenvalue weighted by Crippen LogP contribution is 2.16. The first-order valence-corrected chi connectivity index (χ1v) is 6.02. The molecule has 1 amide bonds. The minimum atomic E-state index is -0.815. The molecule has 0 heterocycles. The highest BCUT2D eigenvalue weighted by molar-refractivity contribution is 5.95. The lowest BCUT2D eigenvalue weighted by molar-refractivity contribution is -0.384. The van der Waals surface area contributed by atoms with Crippen molar-refractivity contribution in [1.29, 1.82) is 0 Å². The number of halogens is 1. The van der Waals surface area contributed by atoms with Crippen LogP contribution in [0.2, 0.25) is 0 Å². The van der Waals surface area contributed by atoms with E-state index in [4.69, 9.17) is 5.11 Å². The maximum atomic E-state index is 13.4. The standard InChI is InChI=1S/C12H16FN3O4/c1-8(17)7-14-4-5-15-12(18)10-6-9(16(19)20)2-3-11(10)13/h2-3,6,8,14,17H,4-5,7H2,1H3,(H,15,18). The highest BCUT2D eigenvalue weighted by Gasteiger charge is 2.16. The Hall–Kier alpha value is -2.06. The maximum Gasteiger partial charge on any atom is 0.270 e. The molecule has 0 bridgehead atoms. The van der Waals surface area contributed by atoms with Crippen LogP contribution in [0.5, 0.6) is 0 Å². The average molecular weight is 285 g/mol. The van der Waals surface area contributed by atoms with Crippen LogP contribution in [-0.2, 0) is 0 Å². The number of nitrogens with zero attached hydrogens (tertiary/aromatic N) is 1. The number of non-ortho nitro benzene ring substituents is 1. The smallest absolute Gasteiger partial charge is 0.270 e. The molecule has 0 aliphatic carbocycles. The van der Waals surface area contributed by atoms with Crippen LogP contribution < -0.4 is 10.6 Å². The van der Waals surface area contributed by atoms with Crippen LogP contribution in [0, 0.1) is 15.9 Å². The Labute approximate surface area is 114 Å². The van der Waals surface area contributed by atoms with Crippen molar-refractivity contribution >= 4 is 11.6 Å². The number of aliphatic hydroxyl groups excluding tert-OH is 1. The second kappa shape index (κ2) is 7.51. The zero-order chi connectivity index (χ0) is 15.1. The molecular formula is C12H16FN3O4. The van der Waals surface area contributed by atoms with Gasteiger partial charge >= 0.3 is 0 Å². The summed E-state index contributed by atoms with van der Waals surface area (Å²) in [4.78, 5) is 21.6. The predicted octanol–water partition coefficient (Wildman–Crippen LogP) is 0.434. The molecule has 110 valence electrons. The molecule has 1 rings (SSSR count). The van der Waals surface area contributed by atoms with Crippen molar-refractivity contribution < 1.29 is 19.2 Å². The van der Waals surface area contributed by atoms with Gasteiger partial charge in [0.15, 0.2) is 0 Å². The summed E-state index contributed by atoms with van der Waals surface area (Å²) in [5.41, 5.74) is -0.710. The van der Waals surface area contributed by atoms with Crippen molar-refractivity contribution in [3.05, 3.63) is 39.7 Å². The Morgan fingerprint density at radius 3 is 2.80 bits per heavy atom. The molecule has 0 aromatic heterocycles. The number of nitrogens with one attached hydrogen (secondary N) is 2.